The molecule has 0 aromatic carbocycles. The number of carbonyl (C=O) groups excluding carboxylic acids is 2. The fourth-order valence-corrected chi connectivity index (χ4v) is 3.30. The van der Waals surface area contributed by atoms with Gasteiger partial charge >= 0.3 is 0 Å². The van der Waals surface area contributed by atoms with Crippen LogP contribution in [0.5, 0.6) is 0 Å². The molecule has 0 spiro atoms. The zero-order valence-corrected chi connectivity index (χ0v) is 13.7. The van der Waals surface area contributed by atoms with Crippen LogP contribution in [0.1, 0.15) is 27.2 Å². The van der Waals surface area contributed by atoms with E-state index >= 15 is 0 Å². The fraction of sp³-hybridized carbons (Fsp3) is 0.875. The van der Waals surface area contributed by atoms with Crippen molar-refractivity contribution in [2.24, 2.45) is 16.2 Å². The number of hydrogen-bond donors (Lipinski definition) is 1. The Morgan fingerprint density at radius 2 is 1.64 bits per heavy atom. The lowest BCUT2D eigenvalue weighted by atomic mass is 9.85. The highest BCUT2D eigenvalue weighted by atomic mass is 16.5. The van der Waals surface area contributed by atoms with Gasteiger partial charge in [-0.15, -0.1) is 0 Å². The van der Waals surface area contributed by atoms with Gasteiger partial charge in [-0.2, -0.15) is 0 Å². The number of nitrogens with one attached hydrogen (secondary N) is 1. The Bertz CT molecular complexity index is 485. The Kier molecular flexibility index (Phi) is 3.72. The van der Waals surface area contributed by atoms with Crippen molar-refractivity contribution >= 4 is 11.8 Å². The molecule has 0 unspecified atom stereocenters. The second-order valence-corrected chi connectivity index (χ2v) is 8.08. The molecule has 3 aliphatic rings. The van der Waals surface area contributed by atoms with E-state index in [-0.39, 0.29) is 28.1 Å². The van der Waals surface area contributed by atoms with Gasteiger partial charge in [0.15, 0.2) is 0 Å². The first-order chi connectivity index (χ1) is 10.3. The van der Waals surface area contributed by atoms with Crippen molar-refractivity contribution in [2.45, 2.75) is 27.2 Å². The lowest BCUT2D eigenvalue weighted by Crippen LogP contribution is -2.54. The van der Waals surface area contributed by atoms with Gasteiger partial charge in [-0.3, -0.25) is 9.59 Å². The molecule has 1 N–H and O–H groups in total. The molecule has 3 fully saturated rings. The van der Waals surface area contributed by atoms with Gasteiger partial charge < -0.3 is 19.7 Å². The maximum absolute atomic E-state index is 12.5. The van der Waals surface area contributed by atoms with Crippen molar-refractivity contribution in [3.05, 3.63) is 0 Å². The minimum absolute atomic E-state index is 0.0484. The van der Waals surface area contributed by atoms with Crippen LogP contribution < -0.4 is 5.32 Å². The van der Waals surface area contributed by atoms with E-state index in [2.05, 4.69) is 12.2 Å². The number of hydrogen-bond acceptors (Lipinski definition) is 4. The molecule has 1 atom stereocenters. The number of carbonyl (C=O) groups is 2. The molecule has 3 rings (SSSR count). The van der Waals surface area contributed by atoms with Crippen LogP contribution in [0.3, 0.4) is 0 Å². The first kappa shape index (κ1) is 15.7. The predicted octanol–water partition coefficient (Wildman–Crippen LogP) is 0.414. The summed E-state index contributed by atoms with van der Waals surface area (Å²) in [4.78, 5) is 26.7. The summed E-state index contributed by atoms with van der Waals surface area (Å²) in [6.07, 6.45) is 0.920. The highest BCUT2D eigenvalue weighted by Crippen LogP contribution is 2.36. The summed E-state index contributed by atoms with van der Waals surface area (Å²) in [6.45, 7) is 10.2. The maximum atomic E-state index is 12.5. The van der Waals surface area contributed by atoms with Gasteiger partial charge in [0.25, 0.3) is 0 Å². The van der Waals surface area contributed by atoms with Gasteiger partial charge in [-0.1, -0.05) is 6.92 Å². The van der Waals surface area contributed by atoms with Gasteiger partial charge in [0.2, 0.25) is 11.8 Å². The SMILES string of the molecule is CC1(C(=O)NC[C@@]2(C)CCN(C(=O)C3(C)COC3)C2)COC1. The van der Waals surface area contributed by atoms with E-state index in [4.69, 9.17) is 9.47 Å². The largest absolute Gasteiger partial charge is 0.379 e. The second-order valence-electron chi connectivity index (χ2n) is 8.08. The average molecular weight is 310 g/mol. The normalized spacial score (nSPS) is 32.0. The molecular weight excluding hydrogens is 284 g/mol. The lowest BCUT2D eigenvalue weighted by molar-refractivity contribution is -0.168. The van der Waals surface area contributed by atoms with Crippen LogP contribution in [-0.4, -0.2) is 62.8 Å². The van der Waals surface area contributed by atoms with Crippen molar-refractivity contribution < 1.29 is 19.1 Å². The quantitative estimate of drug-likeness (QED) is 0.817. The lowest BCUT2D eigenvalue weighted by Gasteiger charge is -2.40. The van der Waals surface area contributed by atoms with E-state index in [1.54, 1.807) is 0 Å². The molecule has 0 aliphatic carbocycles. The summed E-state index contributed by atoms with van der Waals surface area (Å²) < 4.78 is 10.3. The van der Waals surface area contributed by atoms with E-state index in [0.29, 0.717) is 39.5 Å². The smallest absolute Gasteiger partial charge is 0.233 e. The Labute approximate surface area is 131 Å². The van der Waals surface area contributed by atoms with Crippen LogP contribution in [-0.2, 0) is 19.1 Å². The first-order valence-corrected chi connectivity index (χ1v) is 8.00. The molecule has 0 aromatic rings. The first-order valence-electron chi connectivity index (χ1n) is 8.00. The highest BCUT2D eigenvalue weighted by Gasteiger charge is 2.47. The Balaban J connectivity index is 1.52. The van der Waals surface area contributed by atoms with Crippen molar-refractivity contribution in [2.75, 3.05) is 46.1 Å². The topological polar surface area (TPSA) is 67.9 Å². The molecule has 124 valence electrons. The third kappa shape index (κ3) is 2.63. The van der Waals surface area contributed by atoms with E-state index < -0.39 is 0 Å². The summed E-state index contributed by atoms with van der Waals surface area (Å²) in [5.74, 6) is 0.247. The Hall–Kier alpha value is -1.14. The van der Waals surface area contributed by atoms with Crippen molar-refractivity contribution in [1.82, 2.24) is 10.2 Å². The second kappa shape index (κ2) is 5.20. The standard InChI is InChI=1S/C16H26N2O4/c1-14(6-17-12(19)15(2)8-21-9-15)4-5-18(7-14)13(20)16(3)10-22-11-16/h4-11H2,1-3H3,(H,17,19)/t14-/m1/s1. The molecule has 0 bridgehead atoms. The van der Waals surface area contributed by atoms with Gasteiger partial charge in [0, 0.05) is 25.0 Å². The predicted molar refractivity (Wildman–Crippen MR) is 80.2 cm³/mol. The molecule has 3 aliphatic heterocycles. The minimum Gasteiger partial charge on any atom is -0.379 e. The van der Waals surface area contributed by atoms with Crippen LogP contribution in [0.2, 0.25) is 0 Å². The van der Waals surface area contributed by atoms with E-state index in [0.717, 1.165) is 13.0 Å². The number of likely N-dealkylation sites (tertiary alicyclic amines) is 1. The summed E-state index contributed by atoms with van der Waals surface area (Å²) in [5, 5.41) is 3.05. The molecule has 3 saturated heterocycles. The van der Waals surface area contributed by atoms with Gasteiger partial charge in [-0.25, -0.2) is 0 Å². The van der Waals surface area contributed by atoms with Crippen molar-refractivity contribution in [3.63, 3.8) is 0 Å². The fourth-order valence-electron chi connectivity index (χ4n) is 3.30. The Morgan fingerprint density at radius 3 is 2.14 bits per heavy atom. The third-order valence-electron chi connectivity index (χ3n) is 5.27. The van der Waals surface area contributed by atoms with Crippen LogP contribution in [0.15, 0.2) is 0 Å². The van der Waals surface area contributed by atoms with Crippen LogP contribution >= 0.6 is 0 Å². The molecule has 0 saturated carbocycles. The van der Waals surface area contributed by atoms with E-state index in [1.807, 2.05) is 18.7 Å². The van der Waals surface area contributed by atoms with Crippen molar-refractivity contribution in [1.29, 1.82) is 0 Å². The molecule has 3 heterocycles. The average Bonchev–Trinajstić information content (AvgIpc) is 2.81. The summed E-state index contributed by atoms with van der Waals surface area (Å²) in [7, 11) is 0. The zero-order valence-electron chi connectivity index (χ0n) is 13.7. The van der Waals surface area contributed by atoms with Crippen molar-refractivity contribution in [3.8, 4) is 0 Å². The molecule has 0 aromatic heterocycles. The number of nitrogens with zero attached hydrogens (tertiary/aromatic N) is 1. The summed E-state index contributed by atoms with van der Waals surface area (Å²) in [6, 6.07) is 0. The molecule has 0 radical (unpaired) electrons. The van der Waals surface area contributed by atoms with Gasteiger partial charge in [-0.05, 0) is 20.3 Å². The van der Waals surface area contributed by atoms with Gasteiger partial charge in [0.1, 0.15) is 0 Å². The summed E-state index contributed by atoms with van der Waals surface area (Å²) >= 11 is 0. The van der Waals surface area contributed by atoms with Gasteiger partial charge in [0.05, 0.1) is 37.3 Å². The van der Waals surface area contributed by atoms with Crippen LogP contribution in [0.4, 0.5) is 0 Å². The monoisotopic (exact) mass is 310 g/mol. The molecule has 2 amide bonds. The number of amides is 2. The van der Waals surface area contributed by atoms with Crippen LogP contribution in [0, 0.1) is 16.2 Å². The zero-order chi connectivity index (χ0) is 16.0. The molecule has 6 heteroatoms. The third-order valence-corrected chi connectivity index (χ3v) is 5.27. The molecule has 6 nitrogen and oxygen atoms in total. The minimum atomic E-state index is -0.374. The molecule has 22 heavy (non-hydrogen) atoms. The van der Waals surface area contributed by atoms with E-state index in [1.165, 1.54) is 0 Å². The number of ether oxygens (including phenoxy) is 2. The summed E-state index contributed by atoms with van der Waals surface area (Å²) in [5.41, 5.74) is -0.764. The van der Waals surface area contributed by atoms with Crippen LogP contribution in [0.25, 0.3) is 0 Å². The molecular formula is C16H26N2O4. The maximum Gasteiger partial charge on any atom is 0.233 e. The highest BCUT2D eigenvalue weighted by molar-refractivity contribution is 5.84. The Morgan fingerprint density at radius 1 is 1.05 bits per heavy atom. The number of rotatable bonds is 4. The van der Waals surface area contributed by atoms with E-state index in [9.17, 15) is 9.59 Å².